The quantitative estimate of drug-likeness (QED) is 0.798. The average Bonchev–Trinajstić information content (AvgIpc) is 2.33. The molecule has 0 saturated heterocycles. The van der Waals surface area contributed by atoms with Crippen LogP contribution in [-0.4, -0.2) is 29.9 Å². The summed E-state index contributed by atoms with van der Waals surface area (Å²) in [5.74, 6) is 0. The summed E-state index contributed by atoms with van der Waals surface area (Å²) in [6, 6.07) is 4.61. The van der Waals surface area contributed by atoms with Gasteiger partial charge in [-0.05, 0) is 33.3 Å². The fraction of sp³-hybridized carbons (Fsp3) is 0.467. The molecule has 0 aromatic heterocycles. The molecule has 20 heavy (non-hydrogen) atoms. The van der Waals surface area contributed by atoms with Crippen molar-refractivity contribution in [1.29, 1.82) is 0 Å². The van der Waals surface area contributed by atoms with Gasteiger partial charge in [-0.25, -0.2) is 4.79 Å². The molecule has 0 saturated carbocycles. The fourth-order valence-electron chi connectivity index (χ4n) is 1.72. The van der Waals surface area contributed by atoms with Crippen molar-refractivity contribution in [3.05, 3.63) is 34.3 Å². The van der Waals surface area contributed by atoms with Gasteiger partial charge in [-0.3, -0.25) is 4.90 Å². The molecule has 1 rings (SSSR count). The van der Waals surface area contributed by atoms with Crippen molar-refractivity contribution in [1.82, 2.24) is 4.90 Å². The zero-order valence-corrected chi connectivity index (χ0v) is 13.2. The number of carbonyl (C=O) groups excluding carboxylic acids is 2. The summed E-state index contributed by atoms with van der Waals surface area (Å²) < 4.78 is 5.26. The van der Waals surface area contributed by atoms with Crippen molar-refractivity contribution in [3.63, 3.8) is 0 Å². The Hall–Kier alpha value is -1.55. The Balaban J connectivity index is 3.04. The van der Waals surface area contributed by atoms with Gasteiger partial charge in [0, 0.05) is 17.6 Å². The van der Waals surface area contributed by atoms with E-state index in [4.69, 9.17) is 16.3 Å². The molecule has 0 heterocycles. The van der Waals surface area contributed by atoms with E-state index in [0.717, 1.165) is 5.56 Å². The number of aryl methyl sites for hydroxylation is 1. The number of aldehydes is 1. The summed E-state index contributed by atoms with van der Waals surface area (Å²) in [5.41, 5.74) is 0.832. The van der Waals surface area contributed by atoms with Gasteiger partial charge in [-0.15, -0.1) is 0 Å². The molecule has 0 aliphatic rings. The van der Waals surface area contributed by atoms with Crippen LogP contribution in [0.15, 0.2) is 18.2 Å². The van der Waals surface area contributed by atoms with Crippen LogP contribution in [0.1, 0.15) is 37.9 Å². The van der Waals surface area contributed by atoms with Gasteiger partial charge >= 0.3 is 6.09 Å². The summed E-state index contributed by atoms with van der Waals surface area (Å²) >= 11 is 6.21. The highest BCUT2D eigenvalue weighted by Crippen LogP contribution is 2.29. The lowest BCUT2D eigenvalue weighted by molar-refractivity contribution is -0.112. The Bertz CT molecular complexity index is 508. The maximum absolute atomic E-state index is 12.0. The van der Waals surface area contributed by atoms with Gasteiger partial charge in [0.25, 0.3) is 0 Å². The fourth-order valence-corrected chi connectivity index (χ4v) is 1.96. The molecular formula is C15H20ClNO3. The normalized spacial score (nSPS) is 12.7. The van der Waals surface area contributed by atoms with Crippen molar-refractivity contribution in [2.75, 3.05) is 7.05 Å². The molecule has 1 atom stereocenters. The van der Waals surface area contributed by atoms with Crippen LogP contribution >= 0.6 is 11.6 Å². The third-order valence-electron chi connectivity index (χ3n) is 2.77. The van der Waals surface area contributed by atoms with E-state index in [-0.39, 0.29) is 0 Å². The van der Waals surface area contributed by atoms with E-state index in [1.165, 1.54) is 11.9 Å². The number of hydrogen-bond acceptors (Lipinski definition) is 3. The molecule has 0 aliphatic heterocycles. The van der Waals surface area contributed by atoms with Gasteiger partial charge in [0.15, 0.2) is 0 Å². The highest BCUT2D eigenvalue weighted by Gasteiger charge is 2.27. The summed E-state index contributed by atoms with van der Waals surface area (Å²) in [7, 11) is 1.52. The minimum absolute atomic E-state index is 0.486. The van der Waals surface area contributed by atoms with Gasteiger partial charge in [-0.1, -0.05) is 29.8 Å². The monoisotopic (exact) mass is 297 g/mol. The lowest BCUT2D eigenvalue weighted by atomic mass is 10.0. The molecule has 1 aromatic rings. The molecule has 0 fully saturated rings. The van der Waals surface area contributed by atoms with Crippen LogP contribution in [0, 0.1) is 6.92 Å². The van der Waals surface area contributed by atoms with Crippen molar-refractivity contribution in [3.8, 4) is 0 Å². The third kappa shape index (κ3) is 3.97. The van der Waals surface area contributed by atoms with Gasteiger partial charge in [0.2, 0.25) is 0 Å². The molecular weight excluding hydrogens is 278 g/mol. The Labute approximate surface area is 124 Å². The number of halogens is 1. The topological polar surface area (TPSA) is 46.6 Å². The van der Waals surface area contributed by atoms with E-state index in [1.807, 2.05) is 13.0 Å². The van der Waals surface area contributed by atoms with Crippen LogP contribution in [-0.2, 0) is 9.53 Å². The van der Waals surface area contributed by atoms with Crippen molar-refractivity contribution >= 4 is 24.0 Å². The molecule has 0 spiro atoms. The Morgan fingerprint density at radius 2 is 2.00 bits per heavy atom. The predicted octanol–water partition coefficient (Wildman–Crippen LogP) is 3.76. The first-order chi connectivity index (χ1) is 9.17. The standard InChI is InChI=1S/C15H20ClNO3/c1-10-7-6-8-11(13(10)16)12(9-18)17(5)14(19)20-15(2,3)4/h6-9,12H,1-5H3. The van der Waals surface area contributed by atoms with E-state index in [0.29, 0.717) is 16.9 Å². The Morgan fingerprint density at radius 3 is 2.50 bits per heavy atom. The predicted molar refractivity (Wildman–Crippen MR) is 79.0 cm³/mol. The number of amides is 1. The summed E-state index contributed by atoms with van der Waals surface area (Å²) in [5, 5.41) is 0.486. The lowest BCUT2D eigenvalue weighted by Crippen LogP contribution is -2.37. The smallest absolute Gasteiger partial charge is 0.410 e. The maximum atomic E-state index is 12.0. The SMILES string of the molecule is Cc1cccc(C(C=O)N(C)C(=O)OC(C)(C)C)c1Cl. The Morgan fingerprint density at radius 1 is 1.40 bits per heavy atom. The van der Waals surface area contributed by atoms with Crippen molar-refractivity contribution in [2.45, 2.75) is 39.3 Å². The molecule has 0 bridgehead atoms. The van der Waals surface area contributed by atoms with E-state index in [9.17, 15) is 9.59 Å². The lowest BCUT2D eigenvalue weighted by Gasteiger charge is -2.28. The van der Waals surface area contributed by atoms with Crippen molar-refractivity contribution in [2.24, 2.45) is 0 Å². The largest absolute Gasteiger partial charge is 0.444 e. The summed E-state index contributed by atoms with van der Waals surface area (Å²) in [4.78, 5) is 24.7. The molecule has 0 N–H and O–H groups in total. The van der Waals surface area contributed by atoms with Crippen LogP contribution in [0.3, 0.4) is 0 Å². The van der Waals surface area contributed by atoms with Gasteiger partial charge in [0.05, 0.1) is 0 Å². The minimum Gasteiger partial charge on any atom is -0.444 e. The number of ether oxygens (including phenoxy) is 1. The van der Waals surface area contributed by atoms with Gasteiger partial charge < -0.3 is 9.53 Å². The zero-order chi connectivity index (χ0) is 15.5. The summed E-state index contributed by atoms with van der Waals surface area (Å²) in [6.45, 7) is 7.16. The second-order valence-corrected chi connectivity index (χ2v) is 6.03. The molecule has 1 amide bonds. The number of carbonyl (C=O) groups is 2. The van der Waals surface area contributed by atoms with Crippen molar-refractivity contribution < 1.29 is 14.3 Å². The van der Waals surface area contributed by atoms with Crippen LogP contribution in [0.2, 0.25) is 5.02 Å². The average molecular weight is 298 g/mol. The van der Waals surface area contributed by atoms with E-state index >= 15 is 0 Å². The second kappa shape index (κ2) is 6.27. The van der Waals surface area contributed by atoms with Crippen LogP contribution in [0.4, 0.5) is 4.79 Å². The zero-order valence-electron chi connectivity index (χ0n) is 12.4. The van der Waals surface area contributed by atoms with Crippen LogP contribution in [0.5, 0.6) is 0 Å². The third-order valence-corrected chi connectivity index (χ3v) is 3.28. The molecule has 0 aliphatic carbocycles. The summed E-state index contributed by atoms with van der Waals surface area (Å²) in [6.07, 6.45) is 0.122. The first-order valence-electron chi connectivity index (χ1n) is 6.33. The second-order valence-electron chi connectivity index (χ2n) is 5.65. The van der Waals surface area contributed by atoms with Gasteiger partial charge in [0.1, 0.15) is 17.9 Å². The number of hydrogen-bond donors (Lipinski definition) is 0. The first kappa shape index (κ1) is 16.5. The van der Waals surface area contributed by atoms with E-state index in [1.54, 1.807) is 32.9 Å². The minimum atomic E-state index is -0.766. The number of likely N-dealkylation sites (N-methyl/N-ethyl adjacent to an activating group) is 1. The molecule has 1 aromatic carbocycles. The number of nitrogens with zero attached hydrogens (tertiary/aromatic N) is 1. The van der Waals surface area contributed by atoms with Crippen LogP contribution < -0.4 is 0 Å². The molecule has 110 valence electrons. The molecule has 1 unspecified atom stereocenters. The first-order valence-corrected chi connectivity index (χ1v) is 6.71. The number of rotatable bonds is 3. The molecule has 5 heteroatoms. The highest BCUT2D eigenvalue weighted by atomic mass is 35.5. The number of benzene rings is 1. The van der Waals surface area contributed by atoms with E-state index in [2.05, 4.69) is 0 Å². The maximum Gasteiger partial charge on any atom is 0.410 e. The Kier molecular flexibility index (Phi) is 5.17. The van der Waals surface area contributed by atoms with Gasteiger partial charge in [-0.2, -0.15) is 0 Å². The molecule has 0 radical (unpaired) electrons. The molecule has 4 nitrogen and oxygen atoms in total. The van der Waals surface area contributed by atoms with Crippen LogP contribution in [0.25, 0.3) is 0 Å². The highest BCUT2D eigenvalue weighted by molar-refractivity contribution is 6.32. The van der Waals surface area contributed by atoms with E-state index < -0.39 is 17.7 Å².